The number of aromatic nitrogens is 2. The molecule has 10 heteroatoms. The molecule has 0 amide bonds. The first-order valence-corrected chi connectivity index (χ1v) is 10.8. The summed E-state index contributed by atoms with van der Waals surface area (Å²) in [7, 11) is 0. The van der Waals surface area contributed by atoms with Crippen molar-refractivity contribution in [3.8, 4) is 0 Å². The molecule has 0 aliphatic heterocycles. The molecule has 0 saturated heterocycles. The molecular formula is C17H16N4O3S3. The number of fused-ring (bicyclic) bond motifs is 1. The molecule has 2 aromatic heterocycles. The van der Waals surface area contributed by atoms with Crippen molar-refractivity contribution in [3.05, 3.63) is 35.3 Å². The molecule has 1 saturated carbocycles. The van der Waals surface area contributed by atoms with Crippen LogP contribution in [0.2, 0.25) is 0 Å². The van der Waals surface area contributed by atoms with E-state index in [4.69, 9.17) is 14.8 Å². The van der Waals surface area contributed by atoms with E-state index >= 15 is 0 Å². The Bertz CT molecular complexity index is 946. The number of carbonyl (C=O) groups is 1. The highest BCUT2D eigenvalue weighted by atomic mass is 32.2. The van der Waals surface area contributed by atoms with Crippen LogP contribution in [-0.2, 0) is 13.8 Å². The second-order valence-corrected chi connectivity index (χ2v) is 8.82. The minimum absolute atomic E-state index is 0.0171. The van der Waals surface area contributed by atoms with Gasteiger partial charge in [-0.3, -0.25) is 0 Å². The number of carbonyl (C=O) groups excluding carboxylic acids is 1. The van der Waals surface area contributed by atoms with Gasteiger partial charge in [-0.25, -0.2) is 14.8 Å². The average molecular weight is 421 g/mol. The molecule has 0 radical (unpaired) electrons. The first kappa shape index (κ1) is 18.2. The highest BCUT2D eigenvalue weighted by molar-refractivity contribution is 7.97. The van der Waals surface area contributed by atoms with Gasteiger partial charge in [-0.15, -0.1) is 22.7 Å². The number of anilines is 1. The van der Waals surface area contributed by atoms with Crippen molar-refractivity contribution in [1.29, 1.82) is 0 Å². The number of para-hydroxylation sites is 1. The van der Waals surface area contributed by atoms with Crippen LogP contribution < -0.4 is 5.73 Å². The van der Waals surface area contributed by atoms with Gasteiger partial charge in [-0.2, -0.15) is 0 Å². The normalized spacial score (nSPS) is 15.3. The Balaban J connectivity index is 1.48. The maximum Gasteiger partial charge on any atom is 0.375 e. The molecule has 0 atom stereocenters. The first-order valence-electron chi connectivity index (χ1n) is 8.38. The van der Waals surface area contributed by atoms with Crippen molar-refractivity contribution in [2.75, 3.05) is 5.73 Å². The van der Waals surface area contributed by atoms with E-state index in [1.807, 2.05) is 24.3 Å². The molecule has 4 rings (SSSR count). The average Bonchev–Trinajstić information content (AvgIpc) is 3.40. The van der Waals surface area contributed by atoms with Crippen LogP contribution in [0.15, 0.2) is 39.1 Å². The van der Waals surface area contributed by atoms with E-state index in [9.17, 15) is 4.79 Å². The Kier molecular flexibility index (Phi) is 5.55. The Morgan fingerprint density at radius 1 is 1.26 bits per heavy atom. The van der Waals surface area contributed by atoms with Gasteiger partial charge >= 0.3 is 5.97 Å². The minimum atomic E-state index is -0.637. The maximum atomic E-state index is 12.6. The van der Waals surface area contributed by atoms with Crippen LogP contribution in [0.5, 0.6) is 0 Å². The summed E-state index contributed by atoms with van der Waals surface area (Å²) in [5.74, 6) is -0.637. The number of thiazole rings is 2. The van der Waals surface area contributed by atoms with Gasteiger partial charge in [-0.05, 0) is 37.8 Å². The predicted octanol–water partition coefficient (Wildman–Crippen LogP) is 4.25. The van der Waals surface area contributed by atoms with Crippen molar-refractivity contribution < 1.29 is 13.8 Å². The number of nitrogens with zero attached hydrogens (tertiary/aromatic N) is 3. The standard InChI is InChI=1S/C17H16N4O3S3/c18-16-19-12(9-25-16)14(21-23-10-5-1-2-6-10)15(22)24-27-17-20-11-7-3-4-8-13(11)26-17/h3-4,7-10H,1-2,5-6H2,(H2,18,19)/b21-14-. The van der Waals surface area contributed by atoms with Gasteiger partial charge in [0.1, 0.15) is 23.8 Å². The Morgan fingerprint density at radius 3 is 2.81 bits per heavy atom. The summed E-state index contributed by atoms with van der Waals surface area (Å²) in [5, 5.41) is 6.06. The van der Waals surface area contributed by atoms with Crippen LogP contribution >= 0.6 is 34.7 Å². The second kappa shape index (κ2) is 8.24. The lowest BCUT2D eigenvalue weighted by molar-refractivity contribution is -0.125. The van der Waals surface area contributed by atoms with Crippen molar-refractivity contribution in [1.82, 2.24) is 9.97 Å². The number of oxime groups is 1. The van der Waals surface area contributed by atoms with Crippen LogP contribution in [0.4, 0.5) is 5.13 Å². The van der Waals surface area contributed by atoms with Crippen LogP contribution in [0.3, 0.4) is 0 Å². The minimum Gasteiger partial charge on any atom is -0.392 e. The molecule has 1 aliphatic rings. The summed E-state index contributed by atoms with van der Waals surface area (Å²) in [6.45, 7) is 0. The SMILES string of the molecule is Nc1nc(/C(=N/OC2CCCC2)C(=O)OSc2nc3ccccc3s2)cs1. The van der Waals surface area contributed by atoms with Gasteiger partial charge in [0.15, 0.2) is 9.47 Å². The van der Waals surface area contributed by atoms with E-state index in [-0.39, 0.29) is 11.8 Å². The smallest absolute Gasteiger partial charge is 0.375 e. The quantitative estimate of drug-likeness (QED) is 0.361. The largest absolute Gasteiger partial charge is 0.392 e. The Morgan fingerprint density at radius 2 is 2.07 bits per heavy atom. The van der Waals surface area contributed by atoms with Gasteiger partial charge in [-0.1, -0.05) is 17.3 Å². The highest BCUT2D eigenvalue weighted by Gasteiger charge is 2.23. The molecule has 2 N–H and O–H groups in total. The predicted molar refractivity (Wildman–Crippen MR) is 108 cm³/mol. The molecular weight excluding hydrogens is 404 g/mol. The third-order valence-electron chi connectivity index (χ3n) is 4.02. The van der Waals surface area contributed by atoms with E-state index in [0.29, 0.717) is 15.2 Å². The molecule has 7 nitrogen and oxygen atoms in total. The fraction of sp³-hybridized carbons (Fsp3) is 0.294. The fourth-order valence-corrected chi connectivity index (χ4v) is 4.82. The number of nitrogen functional groups attached to an aromatic ring is 1. The zero-order chi connectivity index (χ0) is 18.6. The van der Waals surface area contributed by atoms with Crippen molar-refractivity contribution in [2.24, 2.45) is 5.16 Å². The molecule has 0 bridgehead atoms. The summed E-state index contributed by atoms with van der Waals surface area (Å²) in [6, 6.07) is 7.75. The number of rotatable bonds is 6. The van der Waals surface area contributed by atoms with Crippen molar-refractivity contribution in [2.45, 2.75) is 36.1 Å². The summed E-state index contributed by atoms with van der Waals surface area (Å²) in [5.41, 5.74) is 6.93. The van der Waals surface area contributed by atoms with Gasteiger partial charge in [0.2, 0.25) is 5.71 Å². The molecule has 140 valence electrons. The van der Waals surface area contributed by atoms with Crippen LogP contribution in [0.25, 0.3) is 10.2 Å². The molecule has 0 spiro atoms. The molecule has 3 aromatic rings. The molecule has 1 fully saturated rings. The van der Waals surface area contributed by atoms with Gasteiger partial charge in [0, 0.05) is 5.38 Å². The summed E-state index contributed by atoms with van der Waals surface area (Å²) in [6.07, 6.45) is 4.12. The summed E-state index contributed by atoms with van der Waals surface area (Å²) in [4.78, 5) is 26.7. The fourth-order valence-electron chi connectivity index (χ4n) is 2.71. The number of hydrogen-bond donors (Lipinski definition) is 1. The summed E-state index contributed by atoms with van der Waals surface area (Å²) < 4.78 is 7.00. The summed E-state index contributed by atoms with van der Waals surface area (Å²) >= 11 is 3.59. The van der Waals surface area contributed by atoms with Crippen molar-refractivity contribution in [3.63, 3.8) is 0 Å². The first-order chi connectivity index (χ1) is 13.2. The van der Waals surface area contributed by atoms with E-state index in [1.54, 1.807) is 5.38 Å². The maximum absolute atomic E-state index is 12.6. The molecule has 1 aromatic carbocycles. The Labute approximate surface area is 167 Å². The van der Waals surface area contributed by atoms with Crippen LogP contribution in [-0.4, -0.2) is 27.8 Å². The topological polar surface area (TPSA) is 99.7 Å². The van der Waals surface area contributed by atoms with Crippen molar-refractivity contribution >= 4 is 61.7 Å². The lowest BCUT2D eigenvalue weighted by Crippen LogP contribution is -2.19. The third-order valence-corrected chi connectivity index (χ3v) is 6.44. The number of hydrogen-bond acceptors (Lipinski definition) is 10. The van der Waals surface area contributed by atoms with Gasteiger partial charge in [0.25, 0.3) is 0 Å². The van der Waals surface area contributed by atoms with E-state index in [2.05, 4.69) is 15.1 Å². The highest BCUT2D eigenvalue weighted by Crippen LogP contribution is 2.30. The monoisotopic (exact) mass is 420 g/mol. The molecule has 0 unspecified atom stereocenters. The van der Waals surface area contributed by atoms with Gasteiger partial charge < -0.3 is 14.8 Å². The number of nitrogens with two attached hydrogens (primary N) is 1. The lowest BCUT2D eigenvalue weighted by Gasteiger charge is -2.08. The zero-order valence-electron chi connectivity index (χ0n) is 14.2. The third kappa shape index (κ3) is 4.40. The van der Waals surface area contributed by atoms with Gasteiger partial charge in [0.05, 0.1) is 10.2 Å². The Hall–Kier alpha value is -2.17. The zero-order valence-corrected chi connectivity index (χ0v) is 16.6. The van der Waals surface area contributed by atoms with E-state index in [0.717, 1.165) is 47.9 Å². The van der Waals surface area contributed by atoms with E-state index in [1.165, 1.54) is 22.7 Å². The molecule has 1 aliphatic carbocycles. The lowest BCUT2D eigenvalue weighted by atomic mass is 10.3. The van der Waals surface area contributed by atoms with Crippen LogP contribution in [0, 0.1) is 0 Å². The number of benzene rings is 1. The molecule has 27 heavy (non-hydrogen) atoms. The molecule has 2 heterocycles. The van der Waals surface area contributed by atoms with E-state index < -0.39 is 5.97 Å². The van der Waals surface area contributed by atoms with Crippen LogP contribution in [0.1, 0.15) is 31.4 Å². The second-order valence-electron chi connectivity index (χ2n) is 5.92.